The topological polar surface area (TPSA) is 51.5 Å². The van der Waals surface area contributed by atoms with Gasteiger partial charge in [0, 0.05) is 22.1 Å². The molecule has 3 aromatic carbocycles. The molecule has 1 aliphatic rings. The van der Waals surface area contributed by atoms with Crippen molar-refractivity contribution in [1.29, 1.82) is 0 Å². The fourth-order valence-electron chi connectivity index (χ4n) is 4.19. The van der Waals surface area contributed by atoms with Crippen molar-refractivity contribution in [2.45, 2.75) is 20.5 Å². The first-order chi connectivity index (χ1) is 17.8. The summed E-state index contributed by atoms with van der Waals surface area (Å²) in [6.45, 7) is 4.31. The first-order valence-corrected chi connectivity index (χ1v) is 12.7. The van der Waals surface area contributed by atoms with Crippen molar-refractivity contribution in [2.75, 3.05) is 4.90 Å². The fraction of sp³-hybridized carbons (Fsp3) is 0.103. The first-order valence-electron chi connectivity index (χ1n) is 11.5. The minimum atomic E-state index is -0.357. The van der Waals surface area contributed by atoms with Crippen LogP contribution in [0.15, 0.2) is 83.8 Å². The van der Waals surface area contributed by atoms with Crippen LogP contribution in [0.2, 0.25) is 5.02 Å². The van der Waals surface area contributed by atoms with Crippen LogP contribution in [0.3, 0.4) is 0 Å². The van der Waals surface area contributed by atoms with E-state index in [-0.39, 0.29) is 17.0 Å². The standard InChI is InChI=1S/C29H22ClFN2O3S/c1-18-15-21(16-27-28(34)33(29(35)37-27)25-9-5-22(30)6-10-25)19(2)32(18)24-11-13-26(14-12-24)36-17-20-3-7-23(31)8-4-20/h3-16H,17H2,1-2H3/b27-16+. The third-order valence-corrected chi connectivity index (χ3v) is 7.17. The van der Waals surface area contributed by atoms with Gasteiger partial charge in [-0.3, -0.25) is 9.59 Å². The van der Waals surface area contributed by atoms with Gasteiger partial charge in [-0.1, -0.05) is 23.7 Å². The van der Waals surface area contributed by atoms with Gasteiger partial charge in [0.15, 0.2) is 0 Å². The molecule has 0 aliphatic carbocycles. The highest BCUT2D eigenvalue weighted by molar-refractivity contribution is 8.19. The van der Waals surface area contributed by atoms with Crippen LogP contribution in [0.1, 0.15) is 22.5 Å². The van der Waals surface area contributed by atoms with E-state index in [0.29, 0.717) is 28.0 Å². The van der Waals surface area contributed by atoms with E-state index < -0.39 is 0 Å². The Morgan fingerprint density at radius 3 is 2.24 bits per heavy atom. The molecule has 2 heterocycles. The number of halogens is 2. The SMILES string of the molecule is Cc1cc(/C=C2/SC(=O)N(c3ccc(Cl)cc3)C2=O)c(C)n1-c1ccc(OCc2ccc(F)cc2)cc1. The summed E-state index contributed by atoms with van der Waals surface area (Å²) in [5, 5.41) is 0.190. The van der Waals surface area contributed by atoms with E-state index in [1.807, 2.05) is 44.2 Å². The third kappa shape index (κ3) is 5.19. The second-order valence-corrected chi connectivity index (χ2v) is 9.99. The molecule has 0 bridgehead atoms. The van der Waals surface area contributed by atoms with E-state index in [2.05, 4.69) is 4.57 Å². The van der Waals surface area contributed by atoms with Gasteiger partial charge in [0.1, 0.15) is 18.2 Å². The maximum Gasteiger partial charge on any atom is 0.298 e. The number of rotatable bonds is 6. The minimum Gasteiger partial charge on any atom is -0.489 e. The van der Waals surface area contributed by atoms with Crippen molar-refractivity contribution in [3.8, 4) is 11.4 Å². The molecular formula is C29H22ClFN2O3S. The van der Waals surface area contributed by atoms with Crippen LogP contribution in [-0.4, -0.2) is 15.7 Å². The van der Waals surface area contributed by atoms with Gasteiger partial charge >= 0.3 is 0 Å². The van der Waals surface area contributed by atoms with Crippen LogP contribution in [0.4, 0.5) is 14.9 Å². The Labute approximate surface area is 223 Å². The molecule has 186 valence electrons. The molecule has 5 nitrogen and oxygen atoms in total. The van der Waals surface area contributed by atoms with E-state index in [4.69, 9.17) is 16.3 Å². The average Bonchev–Trinajstić information content (AvgIpc) is 3.33. The molecule has 1 saturated heterocycles. The second-order valence-electron chi connectivity index (χ2n) is 8.56. The van der Waals surface area contributed by atoms with Crippen LogP contribution >= 0.6 is 23.4 Å². The summed E-state index contributed by atoms with van der Waals surface area (Å²) in [5.41, 5.74) is 5.10. The predicted molar refractivity (Wildman–Crippen MR) is 146 cm³/mol. The molecule has 0 atom stereocenters. The molecular weight excluding hydrogens is 511 g/mol. The highest BCUT2D eigenvalue weighted by Gasteiger charge is 2.36. The summed E-state index contributed by atoms with van der Waals surface area (Å²) in [5.74, 6) is 0.0679. The lowest BCUT2D eigenvalue weighted by Gasteiger charge is -2.12. The highest BCUT2D eigenvalue weighted by atomic mass is 35.5. The van der Waals surface area contributed by atoms with Crippen molar-refractivity contribution in [2.24, 2.45) is 0 Å². The zero-order valence-corrected chi connectivity index (χ0v) is 21.6. The average molecular weight is 533 g/mol. The Morgan fingerprint density at radius 2 is 1.57 bits per heavy atom. The molecule has 1 aliphatic heterocycles. The van der Waals surface area contributed by atoms with Crippen LogP contribution in [-0.2, 0) is 11.4 Å². The number of aryl methyl sites for hydroxylation is 1. The zero-order chi connectivity index (χ0) is 26.1. The molecule has 0 radical (unpaired) electrons. The quantitative estimate of drug-likeness (QED) is 0.239. The van der Waals surface area contributed by atoms with E-state index in [0.717, 1.165) is 44.9 Å². The Bertz CT molecular complexity index is 1510. The fourth-order valence-corrected chi connectivity index (χ4v) is 5.15. The van der Waals surface area contributed by atoms with Crippen LogP contribution in [0, 0.1) is 19.7 Å². The first kappa shape index (κ1) is 24.9. The van der Waals surface area contributed by atoms with Crippen LogP contribution < -0.4 is 9.64 Å². The maximum atomic E-state index is 13.1. The molecule has 37 heavy (non-hydrogen) atoms. The minimum absolute atomic E-state index is 0.276. The molecule has 5 rings (SSSR count). The van der Waals surface area contributed by atoms with Crippen molar-refractivity contribution >= 4 is 46.3 Å². The summed E-state index contributed by atoms with van der Waals surface area (Å²) < 4.78 is 21.0. The third-order valence-electron chi connectivity index (χ3n) is 6.05. The lowest BCUT2D eigenvalue weighted by atomic mass is 10.2. The number of ether oxygens (including phenoxy) is 1. The monoisotopic (exact) mass is 532 g/mol. The van der Waals surface area contributed by atoms with E-state index in [1.54, 1.807) is 42.5 Å². The van der Waals surface area contributed by atoms with Gasteiger partial charge in [0.2, 0.25) is 0 Å². The zero-order valence-electron chi connectivity index (χ0n) is 20.1. The molecule has 0 spiro atoms. The summed E-state index contributed by atoms with van der Waals surface area (Å²) >= 11 is 6.86. The molecule has 4 aromatic rings. The van der Waals surface area contributed by atoms with Gasteiger partial charge in [-0.2, -0.15) is 0 Å². The van der Waals surface area contributed by atoms with Crippen molar-refractivity contribution in [3.63, 3.8) is 0 Å². The second kappa shape index (κ2) is 10.3. The largest absolute Gasteiger partial charge is 0.489 e. The number of thioether (sulfide) groups is 1. The van der Waals surface area contributed by atoms with Gasteiger partial charge in [-0.15, -0.1) is 0 Å². The van der Waals surface area contributed by atoms with E-state index >= 15 is 0 Å². The number of nitrogens with zero attached hydrogens (tertiary/aromatic N) is 2. The van der Waals surface area contributed by atoms with E-state index in [9.17, 15) is 14.0 Å². The molecule has 8 heteroatoms. The molecule has 1 aromatic heterocycles. The number of aromatic nitrogens is 1. The lowest BCUT2D eigenvalue weighted by molar-refractivity contribution is -0.113. The summed E-state index contributed by atoms with van der Waals surface area (Å²) in [6, 6.07) is 22.5. The summed E-state index contributed by atoms with van der Waals surface area (Å²) in [4.78, 5) is 27.2. The van der Waals surface area contributed by atoms with Gasteiger partial charge in [0.05, 0.1) is 10.6 Å². The van der Waals surface area contributed by atoms with Crippen molar-refractivity contribution in [3.05, 3.63) is 117 Å². The van der Waals surface area contributed by atoms with Crippen LogP contribution in [0.25, 0.3) is 11.8 Å². The number of imide groups is 1. The van der Waals surface area contributed by atoms with Crippen LogP contribution in [0.5, 0.6) is 5.75 Å². The number of hydrogen-bond acceptors (Lipinski definition) is 4. The summed E-state index contributed by atoms with van der Waals surface area (Å²) in [6.07, 6.45) is 1.76. The smallest absolute Gasteiger partial charge is 0.298 e. The normalized spacial score (nSPS) is 14.6. The lowest BCUT2D eigenvalue weighted by Crippen LogP contribution is -2.27. The van der Waals surface area contributed by atoms with Gasteiger partial charge in [0.25, 0.3) is 11.1 Å². The van der Waals surface area contributed by atoms with Gasteiger partial charge in [-0.25, -0.2) is 9.29 Å². The summed E-state index contributed by atoms with van der Waals surface area (Å²) in [7, 11) is 0. The number of carbonyl (C=O) groups is 2. The number of benzene rings is 3. The van der Waals surface area contributed by atoms with Crippen molar-refractivity contribution < 1.29 is 18.7 Å². The number of carbonyl (C=O) groups excluding carboxylic acids is 2. The molecule has 1 fully saturated rings. The predicted octanol–water partition coefficient (Wildman–Crippen LogP) is 7.71. The molecule has 0 saturated carbocycles. The highest BCUT2D eigenvalue weighted by Crippen LogP contribution is 2.37. The van der Waals surface area contributed by atoms with Gasteiger partial charge < -0.3 is 9.30 Å². The Kier molecular flexibility index (Phi) is 6.91. The molecule has 0 unspecified atom stereocenters. The Hall–Kier alpha value is -3.81. The van der Waals surface area contributed by atoms with E-state index in [1.165, 1.54) is 12.1 Å². The number of hydrogen-bond donors (Lipinski definition) is 0. The Balaban J connectivity index is 1.34. The van der Waals surface area contributed by atoms with Crippen molar-refractivity contribution in [1.82, 2.24) is 4.57 Å². The molecule has 2 amide bonds. The van der Waals surface area contributed by atoms with Gasteiger partial charge in [-0.05, 0) is 110 Å². The molecule has 0 N–H and O–H groups in total. The number of anilines is 1. The maximum absolute atomic E-state index is 13.1. The number of amides is 2. The Morgan fingerprint density at radius 1 is 0.919 bits per heavy atom.